The molecule has 2 aromatic rings. The van der Waals surface area contributed by atoms with E-state index in [4.69, 9.17) is 10.7 Å². The number of carbonyl (C=O) groups excluding carboxylic acids is 1. The molecule has 32 heavy (non-hydrogen) atoms. The van der Waals surface area contributed by atoms with E-state index in [9.17, 15) is 4.79 Å². The minimum Gasteiger partial charge on any atom is -0.369 e. The monoisotopic (exact) mass is 570 g/mol. The minimum atomic E-state index is -0.181. The number of nitrogens with zero attached hydrogens (tertiary/aromatic N) is 3. The molecule has 3 rings (SSSR count). The molecule has 1 fully saturated rings. The molecule has 0 bridgehead atoms. The highest BCUT2D eigenvalue weighted by Crippen LogP contribution is 2.19. The van der Waals surface area contributed by atoms with Gasteiger partial charge in [0.15, 0.2) is 5.96 Å². The summed E-state index contributed by atoms with van der Waals surface area (Å²) in [6, 6.07) is 8.52. The summed E-state index contributed by atoms with van der Waals surface area (Å²) in [7, 11) is 0. The highest BCUT2D eigenvalue weighted by atomic mass is 127. The van der Waals surface area contributed by atoms with Gasteiger partial charge in [-0.3, -0.25) is 9.69 Å². The third kappa shape index (κ3) is 8.00. The molecule has 7 nitrogen and oxygen atoms in total. The fourth-order valence-electron chi connectivity index (χ4n) is 3.80. The predicted molar refractivity (Wildman–Crippen MR) is 142 cm³/mol. The number of piperidine rings is 1. The lowest BCUT2D eigenvalue weighted by molar-refractivity contribution is -0.123. The van der Waals surface area contributed by atoms with E-state index in [0.29, 0.717) is 13.1 Å². The first-order valence-electron chi connectivity index (χ1n) is 11.0. The van der Waals surface area contributed by atoms with Gasteiger partial charge in [0.05, 0.1) is 24.7 Å². The molecule has 1 aromatic carbocycles. The molecule has 9 heteroatoms. The molecular weight excluding hydrogens is 535 g/mol. The van der Waals surface area contributed by atoms with Gasteiger partial charge in [-0.2, -0.15) is 0 Å². The minimum absolute atomic E-state index is 0. The van der Waals surface area contributed by atoms with Crippen LogP contribution in [0.15, 0.2) is 29.3 Å². The van der Waals surface area contributed by atoms with Crippen molar-refractivity contribution < 1.29 is 4.79 Å². The molecule has 4 N–H and O–H groups in total. The van der Waals surface area contributed by atoms with E-state index in [2.05, 4.69) is 58.6 Å². The van der Waals surface area contributed by atoms with Crippen molar-refractivity contribution in [2.75, 3.05) is 19.6 Å². The number of benzene rings is 1. The molecular formula is C23H35IN6OS. The Kier molecular flexibility index (Phi) is 10.9. The summed E-state index contributed by atoms with van der Waals surface area (Å²) in [5.41, 5.74) is 9.01. The number of nitrogens with one attached hydrogen (secondary N) is 2. The second kappa shape index (κ2) is 13.1. The number of aromatic nitrogens is 1. The molecule has 0 spiro atoms. The van der Waals surface area contributed by atoms with Crippen molar-refractivity contribution in [1.82, 2.24) is 20.5 Å². The number of aliphatic imine (C=N–C) groups is 1. The number of hydrogen-bond acceptors (Lipinski definition) is 5. The summed E-state index contributed by atoms with van der Waals surface area (Å²) in [4.78, 5) is 24.4. The number of guanidine groups is 1. The van der Waals surface area contributed by atoms with Crippen LogP contribution in [0.2, 0.25) is 0 Å². The van der Waals surface area contributed by atoms with Crippen molar-refractivity contribution in [3.8, 4) is 0 Å². The van der Waals surface area contributed by atoms with Crippen LogP contribution >= 0.6 is 35.3 Å². The number of aryl methyl sites for hydroxylation is 2. The highest BCUT2D eigenvalue weighted by molar-refractivity contribution is 14.0. The van der Waals surface area contributed by atoms with Gasteiger partial charge in [0.2, 0.25) is 5.91 Å². The summed E-state index contributed by atoms with van der Waals surface area (Å²) >= 11 is 1.72. The molecule has 1 aliphatic heterocycles. The van der Waals surface area contributed by atoms with Crippen LogP contribution in [0.4, 0.5) is 0 Å². The van der Waals surface area contributed by atoms with Crippen LogP contribution < -0.4 is 16.4 Å². The van der Waals surface area contributed by atoms with Crippen molar-refractivity contribution in [1.29, 1.82) is 0 Å². The first kappa shape index (κ1) is 26.5. The predicted octanol–water partition coefficient (Wildman–Crippen LogP) is 3.33. The average molecular weight is 571 g/mol. The van der Waals surface area contributed by atoms with E-state index in [1.54, 1.807) is 11.3 Å². The van der Waals surface area contributed by atoms with Crippen LogP contribution in [-0.4, -0.2) is 41.4 Å². The van der Waals surface area contributed by atoms with Crippen LogP contribution in [0.25, 0.3) is 0 Å². The summed E-state index contributed by atoms with van der Waals surface area (Å²) in [5, 5.41) is 7.75. The second-order valence-corrected chi connectivity index (χ2v) is 9.38. The molecule has 2 heterocycles. The van der Waals surface area contributed by atoms with Gasteiger partial charge in [-0.25, -0.2) is 9.98 Å². The zero-order valence-corrected chi connectivity index (χ0v) is 22.3. The van der Waals surface area contributed by atoms with Gasteiger partial charge >= 0.3 is 0 Å². The summed E-state index contributed by atoms with van der Waals surface area (Å²) in [6.45, 7) is 10.9. The zero-order chi connectivity index (χ0) is 22.2. The normalized spacial score (nSPS) is 17.0. The second-order valence-electron chi connectivity index (χ2n) is 8.09. The van der Waals surface area contributed by atoms with Gasteiger partial charge in [0.25, 0.3) is 0 Å². The van der Waals surface area contributed by atoms with E-state index >= 15 is 0 Å². The van der Waals surface area contributed by atoms with Crippen molar-refractivity contribution in [3.05, 3.63) is 51.0 Å². The number of halogens is 1. The number of thiazole rings is 1. The van der Waals surface area contributed by atoms with Gasteiger partial charge in [-0.15, -0.1) is 35.3 Å². The number of hydrogen-bond donors (Lipinski definition) is 3. The van der Waals surface area contributed by atoms with Crippen LogP contribution in [0, 0.1) is 19.8 Å². The van der Waals surface area contributed by atoms with Crippen LogP contribution in [-0.2, 0) is 24.4 Å². The molecule has 1 unspecified atom stereocenters. The van der Waals surface area contributed by atoms with E-state index in [1.165, 1.54) is 16.0 Å². The standard InChI is InChI=1S/C23H34N6OS.HI/c1-4-25-23(27-13-21-28-16(2)17(3)31-21)26-12-18-7-5-8-19(11-18)14-29-10-6-9-20(15-29)22(24)30;/h5,7-8,11,20H,4,6,9-10,12-15H2,1-3H3,(H2,24,30)(H2,25,26,27);1H. The number of amides is 1. The lowest BCUT2D eigenvalue weighted by Crippen LogP contribution is -2.40. The summed E-state index contributed by atoms with van der Waals surface area (Å²) in [5.74, 6) is 0.582. The number of carbonyl (C=O) groups is 1. The molecule has 1 atom stereocenters. The first-order chi connectivity index (χ1) is 14.9. The Bertz CT molecular complexity index is 896. The molecule has 0 saturated carbocycles. The fraction of sp³-hybridized carbons (Fsp3) is 0.522. The number of nitrogens with two attached hydrogens (primary N) is 1. The SMILES string of the molecule is CCNC(=NCc1cccc(CN2CCCC(C(N)=O)C2)c1)NCc1nc(C)c(C)s1.I. The number of likely N-dealkylation sites (tertiary alicyclic amines) is 1. The van der Waals surface area contributed by atoms with Crippen molar-refractivity contribution >= 4 is 47.2 Å². The van der Waals surface area contributed by atoms with Crippen LogP contribution in [0.1, 0.15) is 46.5 Å². The van der Waals surface area contributed by atoms with Gasteiger partial charge in [0, 0.05) is 24.5 Å². The van der Waals surface area contributed by atoms with Gasteiger partial charge in [-0.1, -0.05) is 24.3 Å². The lowest BCUT2D eigenvalue weighted by atomic mass is 9.97. The van der Waals surface area contributed by atoms with Crippen molar-refractivity contribution in [2.45, 2.75) is 53.2 Å². The molecule has 1 amide bonds. The van der Waals surface area contributed by atoms with E-state index in [-0.39, 0.29) is 35.8 Å². The van der Waals surface area contributed by atoms with Crippen molar-refractivity contribution in [3.63, 3.8) is 0 Å². The quantitative estimate of drug-likeness (QED) is 0.257. The number of primary amides is 1. The maximum atomic E-state index is 11.5. The molecule has 1 aromatic heterocycles. The van der Waals surface area contributed by atoms with Crippen molar-refractivity contribution in [2.24, 2.45) is 16.6 Å². The van der Waals surface area contributed by atoms with E-state index in [1.807, 2.05) is 6.92 Å². The smallest absolute Gasteiger partial charge is 0.221 e. The third-order valence-corrected chi connectivity index (χ3v) is 6.62. The Morgan fingerprint density at radius 3 is 2.78 bits per heavy atom. The van der Waals surface area contributed by atoms with Gasteiger partial charge < -0.3 is 16.4 Å². The molecule has 0 aliphatic carbocycles. The Morgan fingerprint density at radius 1 is 1.31 bits per heavy atom. The van der Waals surface area contributed by atoms with Gasteiger partial charge in [-0.05, 0) is 51.3 Å². The Labute approximate surface area is 212 Å². The van der Waals surface area contributed by atoms with E-state index in [0.717, 1.165) is 55.7 Å². The Morgan fingerprint density at radius 2 is 2.09 bits per heavy atom. The maximum Gasteiger partial charge on any atom is 0.221 e. The summed E-state index contributed by atoms with van der Waals surface area (Å²) in [6.07, 6.45) is 1.92. The zero-order valence-electron chi connectivity index (χ0n) is 19.2. The maximum absolute atomic E-state index is 11.5. The molecule has 0 radical (unpaired) electrons. The Hall–Kier alpha value is -1.72. The summed E-state index contributed by atoms with van der Waals surface area (Å²) < 4.78 is 0. The van der Waals surface area contributed by atoms with Crippen LogP contribution in [0.5, 0.6) is 0 Å². The molecule has 1 aliphatic rings. The van der Waals surface area contributed by atoms with Gasteiger partial charge in [0.1, 0.15) is 5.01 Å². The number of rotatable bonds is 8. The Balaban J connectivity index is 0.00000363. The average Bonchev–Trinajstić information content (AvgIpc) is 3.08. The van der Waals surface area contributed by atoms with Crippen LogP contribution in [0.3, 0.4) is 0 Å². The third-order valence-electron chi connectivity index (χ3n) is 5.55. The largest absolute Gasteiger partial charge is 0.369 e. The first-order valence-corrected chi connectivity index (χ1v) is 11.8. The fourth-order valence-corrected chi connectivity index (χ4v) is 4.68. The molecule has 1 saturated heterocycles. The van der Waals surface area contributed by atoms with E-state index < -0.39 is 0 Å². The topological polar surface area (TPSA) is 95.6 Å². The molecule has 176 valence electrons. The highest BCUT2D eigenvalue weighted by Gasteiger charge is 2.23. The lowest BCUT2D eigenvalue weighted by Gasteiger charge is -2.31.